The van der Waals surface area contributed by atoms with Gasteiger partial charge in [-0.2, -0.15) is 0 Å². The summed E-state index contributed by atoms with van der Waals surface area (Å²) in [5.41, 5.74) is 5.53. The van der Waals surface area contributed by atoms with Crippen LogP contribution in [0.15, 0.2) is 54.7 Å². The van der Waals surface area contributed by atoms with Gasteiger partial charge in [0.2, 0.25) is 0 Å². The highest BCUT2D eigenvalue weighted by Crippen LogP contribution is 2.23. The molecule has 0 radical (unpaired) electrons. The quantitative estimate of drug-likeness (QED) is 0.701. The Morgan fingerprint density at radius 3 is 2.95 bits per heavy atom. The largest absolute Gasteiger partial charge is 0.0991 e. The minimum absolute atomic E-state index is 0.996. The summed E-state index contributed by atoms with van der Waals surface area (Å²) in [6.45, 7) is 5.96. The Balaban J connectivity index is 2.37. The number of allylic oxidation sites excluding steroid dienone is 6. The van der Waals surface area contributed by atoms with Gasteiger partial charge in [0.15, 0.2) is 0 Å². The summed E-state index contributed by atoms with van der Waals surface area (Å²) < 4.78 is 0. The van der Waals surface area contributed by atoms with E-state index in [-0.39, 0.29) is 0 Å². The van der Waals surface area contributed by atoms with E-state index in [1.807, 2.05) is 12.2 Å². The van der Waals surface area contributed by atoms with Crippen LogP contribution in [-0.4, -0.2) is 0 Å². The third-order valence-electron chi connectivity index (χ3n) is 3.84. The van der Waals surface area contributed by atoms with Crippen LogP contribution >= 0.6 is 0 Å². The van der Waals surface area contributed by atoms with Crippen LogP contribution in [0.3, 0.4) is 0 Å². The van der Waals surface area contributed by atoms with Gasteiger partial charge in [0.05, 0.1) is 0 Å². The molecule has 0 heteroatoms. The molecule has 2 aliphatic rings. The van der Waals surface area contributed by atoms with Crippen molar-refractivity contribution in [1.82, 2.24) is 0 Å². The normalized spacial score (nSPS) is 16.7. The summed E-state index contributed by atoms with van der Waals surface area (Å²) in [6.07, 6.45) is 17.2. The first-order chi connectivity index (χ1) is 9.31. The summed E-state index contributed by atoms with van der Waals surface area (Å²) in [7, 11) is 0. The molecule has 0 saturated heterocycles. The first-order valence-electron chi connectivity index (χ1n) is 6.80. The van der Waals surface area contributed by atoms with Crippen LogP contribution in [0.5, 0.6) is 0 Å². The number of hydrogen-bond acceptors (Lipinski definition) is 0. The highest BCUT2D eigenvalue weighted by Gasteiger charge is 2.12. The van der Waals surface area contributed by atoms with Gasteiger partial charge in [-0.1, -0.05) is 61.2 Å². The molecular formula is C19H18. The second kappa shape index (κ2) is 4.89. The molecule has 0 aromatic heterocycles. The Hall–Kier alpha value is -2.08. The molecule has 2 aliphatic carbocycles. The summed E-state index contributed by atoms with van der Waals surface area (Å²) in [5, 5.41) is 2.80. The molecule has 1 aromatic carbocycles. The van der Waals surface area contributed by atoms with E-state index in [2.05, 4.69) is 56.0 Å². The van der Waals surface area contributed by atoms with E-state index in [0.717, 1.165) is 12.8 Å². The van der Waals surface area contributed by atoms with Crippen molar-refractivity contribution in [3.05, 3.63) is 76.2 Å². The predicted octanol–water partition coefficient (Wildman–Crippen LogP) is 3.42. The highest BCUT2D eigenvalue weighted by molar-refractivity contribution is 5.78. The van der Waals surface area contributed by atoms with Gasteiger partial charge in [-0.25, -0.2) is 0 Å². The van der Waals surface area contributed by atoms with Gasteiger partial charge >= 0.3 is 0 Å². The third-order valence-corrected chi connectivity index (χ3v) is 3.84. The summed E-state index contributed by atoms with van der Waals surface area (Å²) in [6, 6.07) is 4.48. The minimum Gasteiger partial charge on any atom is -0.0991 e. The van der Waals surface area contributed by atoms with E-state index in [1.165, 1.54) is 32.7 Å². The lowest BCUT2D eigenvalue weighted by atomic mass is 9.90. The van der Waals surface area contributed by atoms with Gasteiger partial charge in [-0.15, -0.1) is 0 Å². The summed E-state index contributed by atoms with van der Waals surface area (Å²) in [4.78, 5) is 0. The topological polar surface area (TPSA) is 0 Å². The van der Waals surface area contributed by atoms with Gasteiger partial charge in [0.25, 0.3) is 0 Å². The lowest BCUT2D eigenvalue weighted by Gasteiger charge is -2.14. The SMILES string of the molecule is C=C/C=C\C1=CCC=c2ccc(C)c3c2=C1CC=C3. The van der Waals surface area contributed by atoms with Crippen LogP contribution < -0.4 is 10.4 Å². The molecular weight excluding hydrogens is 228 g/mol. The molecule has 0 bridgehead atoms. The fourth-order valence-electron chi connectivity index (χ4n) is 2.90. The molecule has 0 spiro atoms. The highest BCUT2D eigenvalue weighted by atomic mass is 14.2. The predicted molar refractivity (Wildman–Crippen MR) is 84.0 cm³/mol. The van der Waals surface area contributed by atoms with Crippen LogP contribution in [0.2, 0.25) is 0 Å². The molecule has 1 aromatic rings. The lowest BCUT2D eigenvalue weighted by Crippen LogP contribution is -2.31. The van der Waals surface area contributed by atoms with E-state index in [1.54, 1.807) is 0 Å². The molecule has 0 aliphatic heterocycles. The van der Waals surface area contributed by atoms with Crippen molar-refractivity contribution in [2.24, 2.45) is 0 Å². The van der Waals surface area contributed by atoms with Gasteiger partial charge in [0, 0.05) is 0 Å². The Kier molecular flexibility index (Phi) is 3.08. The second-order valence-corrected chi connectivity index (χ2v) is 5.04. The van der Waals surface area contributed by atoms with Crippen LogP contribution in [0.25, 0.3) is 17.7 Å². The Labute approximate surface area is 114 Å². The molecule has 0 atom stereocenters. The molecule has 3 rings (SSSR count). The molecule has 0 saturated carbocycles. The maximum absolute atomic E-state index is 3.76. The maximum atomic E-state index is 3.76. The number of hydrogen-bond donors (Lipinski definition) is 0. The first kappa shape index (κ1) is 12.0. The second-order valence-electron chi connectivity index (χ2n) is 5.04. The van der Waals surface area contributed by atoms with Crippen molar-refractivity contribution >= 4 is 17.7 Å². The number of benzene rings is 1. The van der Waals surface area contributed by atoms with Crippen LogP contribution in [0.4, 0.5) is 0 Å². The van der Waals surface area contributed by atoms with Crippen molar-refractivity contribution < 1.29 is 0 Å². The molecule has 0 unspecified atom stereocenters. The Bertz CT molecular complexity index is 737. The van der Waals surface area contributed by atoms with Crippen LogP contribution in [0.1, 0.15) is 24.0 Å². The molecule has 0 nitrogen and oxygen atoms in total. The zero-order chi connectivity index (χ0) is 13.2. The fourth-order valence-corrected chi connectivity index (χ4v) is 2.90. The van der Waals surface area contributed by atoms with Gasteiger partial charge in [0.1, 0.15) is 0 Å². The van der Waals surface area contributed by atoms with Crippen molar-refractivity contribution in [3.63, 3.8) is 0 Å². The lowest BCUT2D eigenvalue weighted by molar-refractivity contribution is 1.28. The summed E-state index contributed by atoms with van der Waals surface area (Å²) >= 11 is 0. The molecule has 0 N–H and O–H groups in total. The molecule has 94 valence electrons. The van der Waals surface area contributed by atoms with E-state index >= 15 is 0 Å². The Morgan fingerprint density at radius 2 is 2.11 bits per heavy atom. The smallest absolute Gasteiger partial charge is 0.00708 e. The molecule has 19 heavy (non-hydrogen) atoms. The molecule has 0 fully saturated rings. The first-order valence-corrected chi connectivity index (χ1v) is 6.80. The van der Waals surface area contributed by atoms with Crippen molar-refractivity contribution in [1.29, 1.82) is 0 Å². The van der Waals surface area contributed by atoms with E-state index < -0.39 is 0 Å². The fraction of sp³-hybridized carbons (Fsp3) is 0.158. The van der Waals surface area contributed by atoms with E-state index in [9.17, 15) is 0 Å². The number of rotatable bonds is 2. The maximum Gasteiger partial charge on any atom is -0.00708 e. The molecule has 0 amide bonds. The standard InChI is InChI=1S/C19H18/c1-3-4-7-15-8-5-9-16-13-12-14(2)17-10-6-11-18(15)19(16)17/h3-4,6-10,12-13H,1,5,11H2,2H3/b7-4-. The number of aryl methyl sites for hydroxylation is 1. The Morgan fingerprint density at radius 1 is 1.21 bits per heavy atom. The monoisotopic (exact) mass is 246 g/mol. The molecule has 0 heterocycles. The van der Waals surface area contributed by atoms with Crippen molar-refractivity contribution in [3.8, 4) is 0 Å². The van der Waals surface area contributed by atoms with Crippen molar-refractivity contribution in [2.75, 3.05) is 0 Å². The van der Waals surface area contributed by atoms with Crippen LogP contribution in [-0.2, 0) is 0 Å². The average Bonchev–Trinajstić information content (AvgIpc) is 2.61. The summed E-state index contributed by atoms with van der Waals surface area (Å²) in [5.74, 6) is 0. The van der Waals surface area contributed by atoms with Gasteiger partial charge in [-0.3, -0.25) is 0 Å². The van der Waals surface area contributed by atoms with Crippen molar-refractivity contribution in [2.45, 2.75) is 19.8 Å². The average molecular weight is 246 g/mol. The van der Waals surface area contributed by atoms with Crippen LogP contribution in [0, 0.1) is 6.92 Å². The zero-order valence-electron chi connectivity index (χ0n) is 11.3. The minimum atomic E-state index is 0.996. The third kappa shape index (κ3) is 2.04. The van der Waals surface area contributed by atoms with Gasteiger partial charge in [-0.05, 0) is 52.5 Å². The van der Waals surface area contributed by atoms with E-state index in [0.29, 0.717) is 0 Å². The van der Waals surface area contributed by atoms with E-state index in [4.69, 9.17) is 0 Å². The van der Waals surface area contributed by atoms with Gasteiger partial charge < -0.3 is 0 Å². The zero-order valence-corrected chi connectivity index (χ0v) is 11.3.